The number of nitro benzene ring substituents is 1. The Hall–Kier alpha value is -5.17. The Kier molecular flexibility index (Phi) is 8.44. The molecule has 1 saturated heterocycles. The van der Waals surface area contributed by atoms with Crippen LogP contribution in [0.3, 0.4) is 0 Å². The number of amides is 1. The number of non-ortho nitro benzene ring substituents is 1. The van der Waals surface area contributed by atoms with Crippen LogP contribution in [-0.4, -0.2) is 54.8 Å². The first-order valence-corrected chi connectivity index (χ1v) is 13.4. The lowest BCUT2D eigenvalue weighted by atomic mass is 9.89. The van der Waals surface area contributed by atoms with E-state index in [2.05, 4.69) is 4.90 Å². The second kappa shape index (κ2) is 12.4. The van der Waals surface area contributed by atoms with Crippen LogP contribution < -0.4 is 20.9 Å². The molecule has 0 atom stereocenters. The van der Waals surface area contributed by atoms with Crippen LogP contribution in [0.15, 0.2) is 79.1 Å². The van der Waals surface area contributed by atoms with Crippen molar-refractivity contribution in [2.75, 3.05) is 38.2 Å². The average molecular weight is 592 g/mol. The number of ketones is 1. The topological polar surface area (TPSA) is 153 Å². The quantitative estimate of drug-likeness (QED) is 0.121. The molecule has 5 rings (SSSR count). The van der Waals surface area contributed by atoms with E-state index in [1.54, 1.807) is 24.3 Å². The molecule has 222 valence electrons. The molecule has 1 amide bonds. The molecule has 0 bridgehead atoms. The monoisotopic (exact) mass is 591 g/mol. The second-order valence-electron chi connectivity index (χ2n) is 9.94. The largest absolute Gasteiger partial charge is 0.495 e. The Morgan fingerprint density at radius 2 is 1.65 bits per heavy atom. The minimum atomic E-state index is -1.44. The molecule has 0 saturated carbocycles. The molecule has 1 fully saturated rings. The van der Waals surface area contributed by atoms with Crippen molar-refractivity contribution < 1.29 is 32.5 Å². The summed E-state index contributed by atoms with van der Waals surface area (Å²) in [5.74, 6) is -0.961. The zero-order chi connectivity index (χ0) is 30.7. The number of rotatable bonds is 9. The van der Waals surface area contributed by atoms with Crippen LogP contribution in [-0.2, 0) is 0 Å². The predicted octanol–water partition coefficient (Wildman–Crippen LogP) is 4.04. The van der Waals surface area contributed by atoms with Gasteiger partial charge in [0.25, 0.3) is 11.5 Å². The summed E-state index contributed by atoms with van der Waals surface area (Å²) in [4.78, 5) is 65.0. The molecule has 1 aromatic heterocycles. The third kappa shape index (κ3) is 6.06. The smallest absolute Gasteiger partial charge is 0.423 e. The van der Waals surface area contributed by atoms with Crippen molar-refractivity contribution in [2.45, 2.75) is 12.8 Å². The molecule has 0 unspecified atom stereocenters. The lowest BCUT2D eigenvalue weighted by Crippen LogP contribution is -2.43. The van der Waals surface area contributed by atoms with E-state index in [-0.39, 0.29) is 23.8 Å². The predicted molar refractivity (Wildman–Crippen MR) is 152 cm³/mol. The summed E-state index contributed by atoms with van der Waals surface area (Å²) in [5.41, 5.74) is -4.03. The molecule has 13 heteroatoms. The van der Waals surface area contributed by atoms with Crippen molar-refractivity contribution in [2.24, 2.45) is 5.92 Å². The fourth-order valence-electron chi connectivity index (χ4n) is 5.17. The van der Waals surface area contributed by atoms with Gasteiger partial charge in [0.1, 0.15) is 11.6 Å². The van der Waals surface area contributed by atoms with Gasteiger partial charge in [-0.05, 0) is 68.4 Å². The number of anilines is 1. The van der Waals surface area contributed by atoms with E-state index in [4.69, 9.17) is 13.6 Å². The van der Waals surface area contributed by atoms with Gasteiger partial charge >= 0.3 is 16.9 Å². The van der Waals surface area contributed by atoms with Gasteiger partial charge in [0, 0.05) is 30.6 Å². The van der Waals surface area contributed by atoms with Crippen molar-refractivity contribution in [3.05, 3.63) is 109 Å². The third-order valence-electron chi connectivity index (χ3n) is 7.42. The highest BCUT2D eigenvalue weighted by Gasteiger charge is 2.30. The number of para-hydroxylation sites is 2. The van der Waals surface area contributed by atoms with Gasteiger partial charge in [-0.15, -0.1) is 0 Å². The maximum Gasteiger partial charge on any atom is 0.423 e. The van der Waals surface area contributed by atoms with Gasteiger partial charge in [0.2, 0.25) is 0 Å². The normalized spacial score (nSPS) is 14.0. The molecular formula is C30H26FN3O9. The molecule has 0 radical (unpaired) electrons. The summed E-state index contributed by atoms with van der Waals surface area (Å²) in [6, 6.07) is 14.4. The number of carbonyl (C=O) groups excluding carboxylic acids is 2. The number of carbonyl (C=O) groups is 2. The van der Waals surface area contributed by atoms with E-state index >= 15 is 0 Å². The molecule has 1 aliphatic rings. The standard InChI is InChI=1S/C30H26FN3O9/c1-41-24-5-3-2-4-22(24)33(17-16-32-14-12-19(13-15-32)25(35)18-6-8-20(31)9-7-18)28(36)21-10-11-23(34(39)40)27-26(21)42-29(37)30(38)43-27/h2-11,19H,12-17H2,1H3. The highest BCUT2D eigenvalue weighted by atomic mass is 19.1. The van der Waals surface area contributed by atoms with Crippen molar-refractivity contribution in [1.29, 1.82) is 0 Å². The highest BCUT2D eigenvalue weighted by Crippen LogP contribution is 2.32. The number of Topliss-reactive ketones (excluding diaryl/α,β-unsaturated/α-hetero) is 1. The molecule has 0 N–H and O–H groups in total. The Bertz CT molecular complexity index is 1810. The van der Waals surface area contributed by atoms with E-state index in [0.29, 0.717) is 49.5 Å². The number of ether oxygens (including phenoxy) is 1. The van der Waals surface area contributed by atoms with Crippen molar-refractivity contribution >= 4 is 34.2 Å². The van der Waals surface area contributed by atoms with Crippen LogP contribution in [0, 0.1) is 21.8 Å². The van der Waals surface area contributed by atoms with Crippen LogP contribution >= 0.6 is 0 Å². The third-order valence-corrected chi connectivity index (χ3v) is 7.42. The van der Waals surface area contributed by atoms with Gasteiger partial charge in [0.05, 0.1) is 23.3 Å². The summed E-state index contributed by atoms with van der Waals surface area (Å²) in [6.07, 6.45) is 1.16. The first kappa shape index (κ1) is 29.3. The summed E-state index contributed by atoms with van der Waals surface area (Å²) in [7, 11) is 1.44. The minimum absolute atomic E-state index is 0.0383. The van der Waals surface area contributed by atoms with E-state index in [1.807, 2.05) is 0 Å². The number of hydrogen-bond acceptors (Lipinski definition) is 10. The number of piperidine rings is 1. The van der Waals surface area contributed by atoms with Crippen molar-refractivity contribution in [3.63, 3.8) is 0 Å². The van der Waals surface area contributed by atoms with Gasteiger partial charge in [-0.1, -0.05) is 12.1 Å². The molecule has 2 heterocycles. The van der Waals surface area contributed by atoms with E-state index in [1.165, 1.54) is 36.3 Å². The van der Waals surface area contributed by atoms with Gasteiger partial charge in [-0.25, -0.2) is 14.0 Å². The van der Waals surface area contributed by atoms with Gasteiger partial charge in [-0.3, -0.25) is 19.7 Å². The highest BCUT2D eigenvalue weighted by molar-refractivity contribution is 6.13. The number of fused-ring (bicyclic) bond motifs is 1. The van der Waals surface area contributed by atoms with Crippen LogP contribution in [0.1, 0.15) is 33.6 Å². The lowest BCUT2D eigenvalue weighted by Gasteiger charge is -2.33. The molecular weight excluding hydrogens is 565 g/mol. The van der Waals surface area contributed by atoms with Crippen LogP contribution in [0.2, 0.25) is 0 Å². The van der Waals surface area contributed by atoms with E-state index < -0.39 is 44.8 Å². The average Bonchev–Trinajstić information content (AvgIpc) is 3.01. The maximum atomic E-state index is 14.0. The number of methoxy groups -OCH3 is 1. The number of halogens is 1. The number of likely N-dealkylation sites (tertiary alicyclic amines) is 1. The molecule has 1 aliphatic heterocycles. The Morgan fingerprint density at radius 3 is 2.30 bits per heavy atom. The molecule has 12 nitrogen and oxygen atoms in total. The number of benzene rings is 3. The van der Waals surface area contributed by atoms with E-state index in [9.17, 15) is 33.7 Å². The lowest BCUT2D eigenvalue weighted by molar-refractivity contribution is -0.383. The van der Waals surface area contributed by atoms with Gasteiger partial charge < -0.3 is 23.4 Å². The summed E-state index contributed by atoms with van der Waals surface area (Å²) < 4.78 is 28.7. The molecule has 43 heavy (non-hydrogen) atoms. The SMILES string of the molecule is COc1ccccc1N(CCN1CCC(C(=O)c2ccc(F)cc2)CC1)C(=O)c1ccc([N+](=O)[O-])c2oc(=O)c(=O)oc12. The summed E-state index contributed by atoms with van der Waals surface area (Å²) in [6.45, 7) is 1.68. The zero-order valence-corrected chi connectivity index (χ0v) is 23.0. The molecule has 3 aromatic carbocycles. The maximum absolute atomic E-state index is 14.0. The summed E-state index contributed by atoms with van der Waals surface area (Å²) >= 11 is 0. The van der Waals surface area contributed by atoms with Crippen LogP contribution in [0.5, 0.6) is 5.75 Å². The fraction of sp³-hybridized carbons (Fsp3) is 0.267. The molecule has 0 aliphatic carbocycles. The molecule has 4 aromatic rings. The van der Waals surface area contributed by atoms with Gasteiger partial charge in [-0.2, -0.15) is 0 Å². The first-order valence-electron chi connectivity index (χ1n) is 13.4. The Balaban J connectivity index is 1.40. The first-order chi connectivity index (χ1) is 20.7. The van der Waals surface area contributed by atoms with Gasteiger partial charge in [0.15, 0.2) is 11.4 Å². The summed E-state index contributed by atoms with van der Waals surface area (Å²) in [5, 5.41) is 11.5. The van der Waals surface area contributed by atoms with E-state index in [0.717, 1.165) is 12.1 Å². The second-order valence-corrected chi connectivity index (χ2v) is 9.94. The van der Waals surface area contributed by atoms with Crippen LogP contribution in [0.4, 0.5) is 15.8 Å². The minimum Gasteiger partial charge on any atom is -0.495 e. The zero-order valence-electron chi connectivity index (χ0n) is 23.0. The Morgan fingerprint density at radius 1 is 1.00 bits per heavy atom. The van der Waals surface area contributed by atoms with Crippen LogP contribution in [0.25, 0.3) is 11.2 Å². The Labute approximate surface area is 243 Å². The fourth-order valence-corrected chi connectivity index (χ4v) is 5.17. The number of nitro groups is 1. The molecule has 0 spiro atoms. The number of nitrogens with zero attached hydrogens (tertiary/aromatic N) is 3. The van der Waals surface area contributed by atoms with Crippen molar-refractivity contribution in [1.82, 2.24) is 4.90 Å². The number of hydrogen-bond donors (Lipinski definition) is 0. The van der Waals surface area contributed by atoms with Crippen molar-refractivity contribution in [3.8, 4) is 5.75 Å².